The number of anilines is 1. The number of guanidine groups is 2. The molecule has 14 heteroatoms. The maximum Gasteiger partial charge on any atom is 0.331 e. The number of imide groups is 1. The van der Waals surface area contributed by atoms with E-state index in [-0.39, 0.29) is 37.0 Å². The molecule has 4 atom stereocenters. The van der Waals surface area contributed by atoms with Gasteiger partial charge in [-0.3, -0.25) is 19.4 Å². The number of fused-ring (bicyclic) bond motifs is 2. The molecule has 2 aromatic carbocycles. The zero-order chi connectivity index (χ0) is 32.0. The van der Waals surface area contributed by atoms with Crippen molar-refractivity contribution >= 4 is 35.5 Å². The third kappa shape index (κ3) is 3.86. The molecule has 240 valence electrons. The highest BCUT2D eigenvalue weighted by Gasteiger charge is 2.73. The SMILES string of the molecule is NC1=NC2[C@H](CN3C(=O)CN(c4ccccc4)C3=O)N=C(N)N3CC(NC(=O)c4cccc5c4CCCC54CCC4)C(O)(O)C23N1. The lowest BCUT2D eigenvalue weighted by Crippen LogP contribution is -2.78. The molecule has 0 bridgehead atoms. The average Bonchev–Trinajstić information content (AvgIpc) is 3.61. The van der Waals surface area contributed by atoms with Gasteiger partial charge in [-0.15, -0.1) is 0 Å². The number of carbonyl (C=O) groups is 3. The Morgan fingerprint density at radius 1 is 1.02 bits per heavy atom. The summed E-state index contributed by atoms with van der Waals surface area (Å²) >= 11 is 0. The van der Waals surface area contributed by atoms with Gasteiger partial charge in [0.2, 0.25) is 5.79 Å². The van der Waals surface area contributed by atoms with E-state index in [1.54, 1.807) is 30.3 Å². The minimum absolute atomic E-state index is 0.0640. The van der Waals surface area contributed by atoms with E-state index in [1.807, 2.05) is 12.1 Å². The summed E-state index contributed by atoms with van der Waals surface area (Å²) in [4.78, 5) is 53.2. The molecule has 8 rings (SSSR count). The van der Waals surface area contributed by atoms with E-state index in [0.29, 0.717) is 11.3 Å². The summed E-state index contributed by atoms with van der Waals surface area (Å²) in [6.45, 7) is -0.469. The average molecular weight is 628 g/mol. The van der Waals surface area contributed by atoms with E-state index in [9.17, 15) is 24.6 Å². The number of nitrogens with zero attached hydrogens (tertiary/aromatic N) is 5. The summed E-state index contributed by atoms with van der Waals surface area (Å²) in [6.07, 6.45) is 6.33. The zero-order valence-corrected chi connectivity index (χ0v) is 25.2. The van der Waals surface area contributed by atoms with E-state index in [2.05, 4.69) is 26.7 Å². The molecule has 3 fully saturated rings. The number of benzene rings is 2. The van der Waals surface area contributed by atoms with Gasteiger partial charge in [0, 0.05) is 17.8 Å². The van der Waals surface area contributed by atoms with E-state index in [1.165, 1.54) is 21.8 Å². The number of nitrogens with two attached hydrogens (primary N) is 2. The quantitative estimate of drug-likeness (QED) is 0.190. The first kappa shape index (κ1) is 28.8. The third-order valence-electron chi connectivity index (χ3n) is 11.0. The van der Waals surface area contributed by atoms with Crippen LogP contribution in [0.1, 0.15) is 53.6 Å². The first-order valence-corrected chi connectivity index (χ1v) is 15.8. The van der Waals surface area contributed by atoms with Crippen molar-refractivity contribution in [2.24, 2.45) is 21.5 Å². The van der Waals surface area contributed by atoms with Crippen LogP contribution < -0.4 is 27.0 Å². The Bertz CT molecular complexity index is 1710. The van der Waals surface area contributed by atoms with Gasteiger partial charge in [-0.2, -0.15) is 0 Å². The number of amides is 4. The minimum atomic E-state index is -2.64. The molecule has 1 saturated carbocycles. The van der Waals surface area contributed by atoms with Gasteiger partial charge >= 0.3 is 6.03 Å². The molecule has 0 aromatic heterocycles. The molecule has 8 N–H and O–H groups in total. The van der Waals surface area contributed by atoms with Crippen LogP contribution in [0, 0.1) is 0 Å². The number of hydrogen-bond acceptors (Lipinski definition) is 11. The Balaban J connectivity index is 1.07. The van der Waals surface area contributed by atoms with Crippen LogP contribution in [0.15, 0.2) is 58.5 Å². The van der Waals surface area contributed by atoms with Crippen molar-refractivity contribution in [3.05, 3.63) is 65.2 Å². The Morgan fingerprint density at radius 3 is 2.52 bits per heavy atom. The molecule has 46 heavy (non-hydrogen) atoms. The molecule has 2 saturated heterocycles. The number of hydrogen-bond donors (Lipinski definition) is 6. The van der Waals surface area contributed by atoms with Crippen molar-refractivity contribution in [1.29, 1.82) is 0 Å². The van der Waals surface area contributed by atoms with Crippen LogP contribution in [-0.4, -0.2) is 99.0 Å². The highest BCUT2D eigenvalue weighted by molar-refractivity contribution is 6.12. The maximum atomic E-state index is 13.9. The summed E-state index contributed by atoms with van der Waals surface area (Å²) in [7, 11) is 0. The molecule has 2 aliphatic carbocycles. The lowest BCUT2D eigenvalue weighted by molar-refractivity contribution is -0.230. The Labute approximate surface area is 265 Å². The molecular formula is C32H37N9O5. The smallest absolute Gasteiger partial charge is 0.331 e. The second kappa shape index (κ2) is 9.90. The fourth-order valence-electron chi connectivity index (χ4n) is 8.62. The normalized spacial score (nSPS) is 30.2. The number of rotatable bonds is 5. The highest BCUT2D eigenvalue weighted by Crippen LogP contribution is 2.52. The van der Waals surface area contributed by atoms with Gasteiger partial charge in [-0.25, -0.2) is 14.8 Å². The lowest BCUT2D eigenvalue weighted by atomic mass is 9.58. The van der Waals surface area contributed by atoms with E-state index in [0.717, 1.165) is 42.6 Å². The molecule has 6 aliphatic rings. The van der Waals surface area contributed by atoms with Crippen molar-refractivity contribution in [3.63, 3.8) is 0 Å². The number of nitrogens with one attached hydrogen (secondary N) is 2. The Morgan fingerprint density at radius 2 is 1.78 bits per heavy atom. The molecule has 4 amide bonds. The first-order valence-electron chi connectivity index (χ1n) is 15.8. The molecule has 14 nitrogen and oxygen atoms in total. The topological polar surface area (TPSA) is 202 Å². The van der Waals surface area contributed by atoms with Gasteiger partial charge in [-0.1, -0.05) is 36.8 Å². The number of urea groups is 1. The molecular weight excluding hydrogens is 590 g/mol. The zero-order valence-electron chi connectivity index (χ0n) is 25.2. The number of aliphatic hydroxyl groups is 2. The van der Waals surface area contributed by atoms with Crippen LogP contribution in [0.4, 0.5) is 10.5 Å². The van der Waals surface area contributed by atoms with Crippen LogP contribution in [0.25, 0.3) is 0 Å². The second-order valence-corrected chi connectivity index (χ2v) is 13.3. The second-order valence-electron chi connectivity index (χ2n) is 13.3. The summed E-state index contributed by atoms with van der Waals surface area (Å²) in [6, 6.07) is 10.9. The fraction of sp³-hybridized carbons (Fsp3) is 0.469. The lowest BCUT2D eigenvalue weighted by Gasteiger charge is -2.49. The van der Waals surface area contributed by atoms with Gasteiger partial charge in [0.15, 0.2) is 17.6 Å². The largest absolute Gasteiger partial charge is 0.370 e. The number of para-hydroxylation sites is 1. The minimum Gasteiger partial charge on any atom is -0.370 e. The molecule has 4 aliphatic heterocycles. The van der Waals surface area contributed by atoms with Gasteiger partial charge in [0.05, 0.1) is 12.6 Å². The van der Waals surface area contributed by atoms with E-state index < -0.39 is 47.4 Å². The van der Waals surface area contributed by atoms with Gasteiger partial charge in [0.25, 0.3) is 11.8 Å². The van der Waals surface area contributed by atoms with Crippen molar-refractivity contribution in [3.8, 4) is 0 Å². The van der Waals surface area contributed by atoms with Gasteiger partial charge < -0.3 is 37.2 Å². The van der Waals surface area contributed by atoms with Gasteiger partial charge in [-0.05, 0) is 66.8 Å². The molecule has 2 spiro atoms. The molecule has 3 unspecified atom stereocenters. The number of carbonyl (C=O) groups excluding carboxylic acids is 3. The van der Waals surface area contributed by atoms with Crippen LogP contribution in [0.3, 0.4) is 0 Å². The fourth-order valence-corrected chi connectivity index (χ4v) is 8.62. The number of aliphatic imine (C=N–C) groups is 2. The van der Waals surface area contributed by atoms with Crippen LogP contribution in [-0.2, 0) is 16.6 Å². The first-order chi connectivity index (χ1) is 22.1. The Kier molecular flexibility index (Phi) is 6.19. The van der Waals surface area contributed by atoms with Crippen molar-refractivity contribution < 1.29 is 24.6 Å². The third-order valence-corrected chi connectivity index (χ3v) is 11.0. The van der Waals surface area contributed by atoms with E-state index in [4.69, 9.17) is 11.5 Å². The summed E-state index contributed by atoms with van der Waals surface area (Å²) < 4.78 is 0. The summed E-state index contributed by atoms with van der Waals surface area (Å²) in [5.74, 6) is -3.64. The predicted octanol–water partition coefficient (Wildman–Crippen LogP) is -0.312. The Hall–Kier alpha value is -4.69. The molecule has 2 aromatic rings. The monoisotopic (exact) mass is 627 g/mol. The van der Waals surface area contributed by atoms with Crippen LogP contribution >= 0.6 is 0 Å². The maximum absolute atomic E-state index is 13.9. The van der Waals surface area contributed by atoms with Crippen LogP contribution in [0.2, 0.25) is 0 Å². The summed E-state index contributed by atoms with van der Waals surface area (Å²) in [5, 5.41) is 29.7. The molecule has 4 heterocycles. The summed E-state index contributed by atoms with van der Waals surface area (Å²) in [5.41, 5.74) is 14.3. The van der Waals surface area contributed by atoms with Gasteiger partial charge in [0.1, 0.15) is 18.6 Å². The van der Waals surface area contributed by atoms with Crippen molar-refractivity contribution in [1.82, 2.24) is 20.4 Å². The van der Waals surface area contributed by atoms with E-state index >= 15 is 0 Å². The molecule has 0 radical (unpaired) electrons. The highest BCUT2D eigenvalue weighted by atomic mass is 16.5. The van der Waals surface area contributed by atoms with Crippen LogP contribution in [0.5, 0.6) is 0 Å². The predicted molar refractivity (Wildman–Crippen MR) is 168 cm³/mol. The van der Waals surface area contributed by atoms with Crippen molar-refractivity contribution in [2.45, 2.75) is 73.5 Å². The van der Waals surface area contributed by atoms with Crippen molar-refractivity contribution in [2.75, 3.05) is 24.5 Å². The standard InChI is InChI=1S/C32H37N9O5/c33-27-37-25-22(15-40-24(42)17-39(29(40)44)18-7-2-1-3-8-18)35-28(34)41-16-23(32(45,46)31(25,41)38-27)36-26(43)20-9-4-11-21-19(20)10-5-12-30(21)13-6-14-30/h1-4,7-9,11,22-23,25,45-46H,5-6,10,12-17H2,(H2,34,35)(H,36,43)(H3,33,37,38)/t22-,23?,25?,31?/m0/s1.